The summed E-state index contributed by atoms with van der Waals surface area (Å²) < 4.78 is 4.55. The Morgan fingerprint density at radius 1 is 1.89 bits per heavy atom. The molecule has 1 amide bonds. The standard InChI is InChI=1S/C6H11NO2/c1-3-5-7-6(8)9-4-2/h3H,1,4-5H2,2H3,(H,7,8). The summed E-state index contributed by atoms with van der Waals surface area (Å²) in [6, 6.07) is 0. The molecule has 0 spiro atoms. The van der Waals surface area contributed by atoms with Crippen molar-refractivity contribution in [3.05, 3.63) is 12.7 Å². The van der Waals surface area contributed by atoms with Gasteiger partial charge < -0.3 is 10.1 Å². The molecule has 3 heteroatoms. The average Bonchev–Trinajstić information content (AvgIpc) is 1.85. The number of nitrogens with one attached hydrogen (secondary N) is 1. The number of rotatable bonds is 3. The predicted molar refractivity (Wildman–Crippen MR) is 35.2 cm³/mol. The quantitative estimate of drug-likeness (QED) is 0.575. The Balaban J connectivity index is 3.16. The minimum absolute atomic E-state index is 0.391. The van der Waals surface area contributed by atoms with Crippen molar-refractivity contribution in [1.29, 1.82) is 0 Å². The van der Waals surface area contributed by atoms with Gasteiger partial charge in [-0.05, 0) is 6.92 Å². The number of carbonyl (C=O) groups excluding carboxylic acids is 1. The minimum Gasteiger partial charge on any atom is -0.450 e. The second kappa shape index (κ2) is 5.15. The molecule has 0 bridgehead atoms. The first-order valence-electron chi connectivity index (χ1n) is 2.82. The van der Waals surface area contributed by atoms with E-state index >= 15 is 0 Å². The molecule has 0 unspecified atom stereocenters. The Kier molecular flexibility index (Phi) is 4.59. The number of carbonyl (C=O) groups is 1. The van der Waals surface area contributed by atoms with Crippen LogP contribution < -0.4 is 5.32 Å². The smallest absolute Gasteiger partial charge is 0.407 e. The van der Waals surface area contributed by atoms with E-state index in [-0.39, 0.29) is 0 Å². The van der Waals surface area contributed by atoms with E-state index in [1.807, 2.05) is 0 Å². The first kappa shape index (κ1) is 8.01. The average molecular weight is 129 g/mol. The van der Waals surface area contributed by atoms with Crippen molar-refractivity contribution in [3.8, 4) is 0 Å². The lowest BCUT2D eigenvalue weighted by molar-refractivity contribution is 0.153. The molecule has 0 radical (unpaired) electrons. The lowest BCUT2D eigenvalue weighted by atomic mass is 10.6. The van der Waals surface area contributed by atoms with E-state index < -0.39 is 6.09 Å². The number of hydrogen-bond donors (Lipinski definition) is 1. The minimum atomic E-state index is -0.391. The summed E-state index contributed by atoms with van der Waals surface area (Å²) in [4.78, 5) is 10.4. The molecule has 0 rings (SSSR count). The highest BCUT2D eigenvalue weighted by atomic mass is 16.5. The van der Waals surface area contributed by atoms with Crippen LogP contribution in [0.5, 0.6) is 0 Å². The second-order valence-electron chi connectivity index (χ2n) is 1.39. The molecule has 0 aromatic rings. The summed E-state index contributed by atoms with van der Waals surface area (Å²) in [6.07, 6.45) is 1.20. The van der Waals surface area contributed by atoms with Crippen LogP contribution in [0, 0.1) is 0 Å². The van der Waals surface area contributed by atoms with Crippen LogP contribution in [0.4, 0.5) is 4.79 Å². The van der Waals surface area contributed by atoms with Gasteiger partial charge in [-0.25, -0.2) is 4.79 Å². The Morgan fingerprint density at radius 2 is 2.56 bits per heavy atom. The number of hydrogen-bond acceptors (Lipinski definition) is 2. The van der Waals surface area contributed by atoms with Gasteiger partial charge >= 0.3 is 6.09 Å². The maximum Gasteiger partial charge on any atom is 0.407 e. The van der Waals surface area contributed by atoms with Gasteiger partial charge in [-0.15, -0.1) is 6.58 Å². The van der Waals surface area contributed by atoms with Crippen LogP contribution in [-0.2, 0) is 4.74 Å². The van der Waals surface area contributed by atoms with Gasteiger partial charge in [-0.1, -0.05) is 6.08 Å². The third kappa shape index (κ3) is 4.87. The third-order valence-corrected chi connectivity index (χ3v) is 0.666. The lowest BCUT2D eigenvalue weighted by Gasteiger charge is -1.99. The molecule has 0 heterocycles. The van der Waals surface area contributed by atoms with E-state index in [4.69, 9.17) is 0 Å². The Hall–Kier alpha value is -0.990. The first-order chi connectivity index (χ1) is 4.31. The first-order valence-corrected chi connectivity index (χ1v) is 2.82. The summed E-state index contributed by atoms with van der Waals surface area (Å²) in [7, 11) is 0. The van der Waals surface area contributed by atoms with E-state index in [1.165, 1.54) is 0 Å². The second-order valence-corrected chi connectivity index (χ2v) is 1.39. The van der Waals surface area contributed by atoms with Crippen molar-refractivity contribution in [2.75, 3.05) is 13.2 Å². The van der Waals surface area contributed by atoms with Crippen molar-refractivity contribution >= 4 is 6.09 Å². The zero-order chi connectivity index (χ0) is 7.11. The molecular formula is C6H11NO2. The van der Waals surface area contributed by atoms with Gasteiger partial charge in [0.2, 0.25) is 0 Å². The molecule has 0 atom stereocenters. The summed E-state index contributed by atoms with van der Waals surface area (Å²) >= 11 is 0. The van der Waals surface area contributed by atoms with Crippen LogP contribution >= 0.6 is 0 Å². The van der Waals surface area contributed by atoms with E-state index in [0.717, 1.165) is 0 Å². The summed E-state index contributed by atoms with van der Waals surface area (Å²) in [6.45, 7) is 6.04. The van der Waals surface area contributed by atoms with Crippen molar-refractivity contribution in [2.24, 2.45) is 0 Å². The van der Waals surface area contributed by atoms with E-state index in [0.29, 0.717) is 13.2 Å². The van der Waals surface area contributed by atoms with E-state index in [1.54, 1.807) is 13.0 Å². The number of amides is 1. The topological polar surface area (TPSA) is 38.3 Å². The van der Waals surface area contributed by atoms with Gasteiger partial charge in [0.15, 0.2) is 0 Å². The molecule has 1 N–H and O–H groups in total. The highest BCUT2D eigenvalue weighted by Crippen LogP contribution is 1.74. The zero-order valence-corrected chi connectivity index (χ0v) is 5.52. The third-order valence-electron chi connectivity index (χ3n) is 0.666. The molecule has 0 aliphatic carbocycles. The Labute approximate surface area is 54.7 Å². The largest absolute Gasteiger partial charge is 0.450 e. The molecule has 52 valence electrons. The van der Waals surface area contributed by atoms with E-state index in [2.05, 4.69) is 16.6 Å². The Morgan fingerprint density at radius 3 is 3.00 bits per heavy atom. The predicted octanol–water partition coefficient (Wildman–Crippen LogP) is 0.919. The fraction of sp³-hybridized carbons (Fsp3) is 0.500. The van der Waals surface area contributed by atoms with Gasteiger partial charge in [0.25, 0.3) is 0 Å². The van der Waals surface area contributed by atoms with Crippen molar-refractivity contribution in [3.63, 3.8) is 0 Å². The van der Waals surface area contributed by atoms with Gasteiger partial charge in [-0.3, -0.25) is 0 Å². The molecular weight excluding hydrogens is 118 g/mol. The molecule has 9 heavy (non-hydrogen) atoms. The van der Waals surface area contributed by atoms with Crippen molar-refractivity contribution in [2.45, 2.75) is 6.92 Å². The summed E-state index contributed by atoms with van der Waals surface area (Å²) in [5.74, 6) is 0. The summed E-state index contributed by atoms with van der Waals surface area (Å²) in [5.41, 5.74) is 0. The number of alkyl carbamates (subject to hydrolysis) is 1. The van der Waals surface area contributed by atoms with Gasteiger partial charge in [-0.2, -0.15) is 0 Å². The molecule has 0 aliphatic heterocycles. The van der Waals surface area contributed by atoms with Crippen LogP contribution in [0.1, 0.15) is 6.92 Å². The van der Waals surface area contributed by atoms with Crippen LogP contribution in [0.15, 0.2) is 12.7 Å². The van der Waals surface area contributed by atoms with Gasteiger partial charge in [0.1, 0.15) is 0 Å². The van der Waals surface area contributed by atoms with Crippen molar-refractivity contribution in [1.82, 2.24) is 5.32 Å². The lowest BCUT2D eigenvalue weighted by Crippen LogP contribution is -2.23. The van der Waals surface area contributed by atoms with E-state index in [9.17, 15) is 4.79 Å². The molecule has 0 aromatic heterocycles. The summed E-state index contributed by atoms with van der Waals surface area (Å²) in [5, 5.41) is 2.45. The molecule has 0 aliphatic rings. The van der Waals surface area contributed by atoms with Crippen LogP contribution in [0.2, 0.25) is 0 Å². The molecule has 0 fully saturated rings. The van der Waals surface area contributed by atoms with Crippen molar-refractivity contribution < 1.29 is 9.53 Å². The molecule has 0 saturated heterocycles. The van der Waals surface area contributed by atoms with Gasteiger partial charge in [0, 0.05) is 6.54 Å². The highest BCUT2D eigenvalue weighted by Gasteiger charge is 1.93. The van der Waals surface area contributed by atoms with Crippen LogP contribution in [0.3, 0.4) is 0 Å². The fourth-order valence-corrected chi connectivity index (χ4v) is 0.338. The van der Waals surface area contributed by atoms with Crippen LogP contribution in [-0.4, -0.2) is 19.2 Å². The SMILES string of the molecule is C=CCNC(=O)OCC. The zero-order valence-electron chi connectivity index (χ0n) is 5.52. The highest BCUT2D eigenvalue weighted by molar-refractivity contribution is 5.67. The maximum atomic E-state index is 10.4. The fourth-order valence-electron chi connectivity index (χ4n) is 0.338. The monoisotopic (exact) mass is 129 g/mol. The Bertz CT molecular complexity index is 101. The normalized spacial score (nSPS) is 8.11. The molecule has 3 nitrogen and oxygen atoms in total. The molecule has 0 aromatic carbocycles. The van der Waals surface area contributed by atoms with Crippen LogP contribution in [0.25, 0.3) is 0 Å². The van der Waals surface area contributed by atoms with Gasteiger partial charge in [0.05, 0.1) is 6.61 Å². The maximum absolute atomic E-state index is 10.4. The molecule has 0 saturated carbocycles. The number of ether oxygens (including phenoxy) is 1.